The smallest absolute Gasteiger partial charge is 0.123 e. The molecule has 1 aromatic rings. The molecule has 1 aromatic carbocycles. The first-order chi connectivity index (χ1) is 11.6. The molecule has 0 bridgehead atoms. The largest absolute Gasteiger partial charge is 0.378 e. The van der Waals surface area contributed by atoms with Crippen LogP contribution in [-0.2, 0) is 0 Å². The minimum Gasteiger partial charge on any atom is -0.378 e. The summed E-state index contributed by atoms with van der Waals surface area (Å²) < 4.78 is 13.0. The van der Waals surface area contributed by atoms with Crippen LogP contribution in [0.15, 0.2) is 24.3 Å². The van der Waals surface area contributed by atoms with E-state index >= 15 is 0 Å². The number of aliphatic hydroxyl groups is 2. The Morgan fingerprint density at radius 3 is 2.17 bits per heavy atom. The molecule has 2 aliphatic heterocycles. The van der Waals surface area contributed by atoms with Crippen molar-refractivity contribution in [2.24, 2.45) is 0 Å². The minimum atomic E-state index is -0.496. The summed E-state index contributed by atoms with van der Waals surface area (Å²) in [6.45, 7) is 5.58. The molecule has 2 fully saturated rings. The van der Waals surface area contributed by atoms with Crippen LogP contribution in [0, 0.1) is 5.82 Å². The number of piperazine rings is 1. The van der Waals surface area contributed by atoms with Gasteiger partial charge in [-0.25, -0.2) is 4.39 Å². The standard InChI is InChI=1S/C18H28FN3O2/c19-15-5-7-16(8-6-15)21-13-11-20(12-14-21)9-2-10-22-17(23)3-1-4-18(22)24/h5-8,17-18,23-24H,1-4,9-14H2. The minimum absolute atomic E-state index is 0.195. The fourth-order valence-electron chi connectivity index (χ4n) is 3.67. The highest BCUT2D eigenvalue weighted by molar-refractivity contribution is 5.46. The third-order valence-electron chi connectivity index (χ3n) is 5.15. The lowest BCUT2D eigenvalue weighted by molar-refractivity contribution is -0.131. The maximum absolute atomic E-state index is 13.0. The second-order valence-corrected chi connectivity index (χ2v) is 6.79. The first-order valence-electron chi connectivity index (χ1n) is 8.98. The number of hydrogen-bond donors (Lipinski definition) is 2. The van der Waals surface area contributed by atoms with Crippen LogP contribution in [-0.4, -0.2) is 71.7 Å². The Kier molecular flexibility index (Phi) is 6.05. The zero-order chi connectivity index (χ0) is 16.9. The van der Waals surface area contributed by atoms with E-state index in [1.165, 1.54) is 12.1 Å². The van der Waals surface area contributed by atoms with Gasteiger partial charge in [0.2, 0.25) is 0 Å². The van der Waals surface area contributed by atoms with Crippen molar-refractivity contribution in [1.29, 1.82) is 0 Å². The normalized spacial score (nSPS) is 26.7. The molecule has 2 heterocycles. The van der Waals surface area contributed by atoms with Crippen LogP contribution in [0.25, 0.3) is 0 Å². The number of hydrogen-bond acceptors (Lipinski definition) is 5. The highest BCUT2D eigenvalue weighted by atomic mass is 19.1. The summed E-state index contributed by atoms with van der Waals surface area (Å²) in [7, 11) is 0. The maximum Gasteiger partial charge on any atom is 0.123 e. The Bertz CT molecular complexity index is 495. The van der Waals surface area contributed by atoms with Gasteiger partial charge in [0.1, 0.15) is 18.3 Å². The molecule has 0 amide bonds. The number of nitrogens with zero attached hydrogens (tertiary/aromatic N) is 3. The van der Waals surface area contributed by atoms with Gasteiger partial charge in [-0.3, -0.25) is 9.80 Å². The van der Waals surface area contributed by atoms with Crippen LogP contribution in [0.2, 0.25) is 0 Å². The van der Waals surface area contributed by atoms with Crippen LogP contribution in [0.1, 0.15) is 25.7 Å². The predicted octanol–water partition coefficient (Wildman–Crippen LogP) is 1.46. The van der Waals surface area contributed by atoms with E-state index in [2.05, 4.69) is 9.80 Å². The molecule has 0 radical (unpaired) electrons. The third kappa shape index (κ3) is 4.45. The van der Waals surface area contributed by atoms with Gasteiger partial charge in [-0.15, -0.1) is 0 Å². The number of anilines is 1. The summed E-state index contributed by atoms with van der Waals surface area (Å²) in [5, 5.41) is 20.0. The molecule has 2 unspecified atom stereocenters. The van der Waals surface area contributed by atoms with Crippen LogP contribution in [0.3, 0.4) is 0 Å². The number of halogens is 1. The van der Waals surface area contributed by atoms with Crippen molar-refractivity contribution in [3.63, 3.8) is 0 Å². The average Bonchev–Trinajstić information content (AvgIpc) is 2.59. The first-order valence-corrected chi connectivity index (χ1v) is 8.98. The zero-order valence-corrected chi connectivity index (χ0v) is 14.1. The van der Waals surface area contributed by atoms with Gasteiger partial charge in [-0.2, -0.15) is 0 Å². The Morgan fingerprint density at radius 2 is 1.54 bits per heavy atom. The second kappa shape index (κ2) is 8.25. The summed E-state index contributed by atoms with van der Waals surface area (Å²) in [6.07, 6.45) is 2.36. The van der Waals surface area contributed by atoms with E-state index in [0.717, 1.165) is 70.6 Å². The van der Waals surface area contributed by atoms with Gasteiger partial charge in [0.15, 0.2) is 0 Å². The van der Waals surface area contributed by atoms with Gasteiger partial charge in [0.05, 0.1) is 0 Å². The Hall–Kier alpha value is -1.21. The van der Waals surface area contributed by atoms with Crippen LogP contribution in [0.4, 0.5) is 10.1 Å². The lowest BCUT2D eigenvalue weighted by Crippen LogP contribution is -2.49. The van der Waals surface area contributed by atoms with E-state index in [-0.39, 0.29) is 5.82 Å². The number of likely N-dealkylation sites (tertiary alicyclic amines) is 1. The monoisotopic (exact) mass is 337 g/mol. The van der Waals surface area contributed by atoms with Crippen molar-refractivity contribution in [1.82, 2.24) is 9.80 Å². The topological polar surface area (TPSA) is 50.2 Å². The van der Waals surface area contributed by atoms with Gasteiger partial charge < -0.3 is 15.1 Å². The van der Waals surface area contributed by atoms with Crippen molar-refractivity contribution in [2.45, 2.75) is 38.1 Å². The number of aliphatic hydroxyl groups excluding tert-OH is 2. The van der Waals surface area contributed by atoms with Crippen molar-refractivity contribution >= 4 is 5.69 Å². The van der Waals surface area contributed by atoms with Gasteiger partial charge in [-0.05, 0) is 56.5 Å². The Balaban J connectivity index is 1.38. The van der Waals surface area contributed by atoms with Gasteiger partial charge in [0, 0.05) is 38.4 Å². The molecule has 0 aromatic heterocycles. The lowest BCUT2D eigenvalue weighted by atomic mass is 10.1. The summed E-state index contributed by atoms with van der Waals surface area (Å²) in [6, 6.07) is 6.70. The number of piperidine rings is 1. The SMILES string of the molecule is OC1CCCC(O)N1CCCN1CCN(c2ccc(F)cc2)CC1. The average molecular weight is 337 g/mol. The predicted molar refractivity (Wildman–Crippen MR) is 92.2 cm³/mol. The van der Waals surface area contributed by atoms with E-state index in [9.17, 15) is 14.6 Å². The summed E-state index contributed by atoms with van der Waals surface area (Å²) in [4.78, 5) is 6.52. The molecule has 134 valence electrons. The molecule has 3 rings (SSSR count). The molecule has 5 nitrogen and oxygen atoms in total. The number of benzene rings is 1. The van der Waals surface area contributed by atoms with Gasteiger partial charge in [-0.1, -0.05) is 0 Å². The molecule has 0 aliphatic carbocycles. The molecule has 2 N–H and O–H groups in total. The lowest BCUT2D eigenvalue weighted by Gasteiger charge is -2.38. The van der Waals surface area contributed by atoms with E-state index in [1.54, 1.807) is 0 Å². The summed E-state index contributed by atoms with van der Waals surface area (Å²) in [5.74, 6) is -0.195. The third-order valence-corrected chi connectivity index (χ3v) is 5.15. The molecule has 2 atom stereocenters. The molecule has 0 spiro atoms. The fourth-order valence-corrected chi connectivity index (χ4v) is 3.67. The second-order valence-electron chi connectivity index (χ2n) is 6.79. The maximum atomic E-state index is 13.0. The highest BCUT2D eigenvalue weighted by Gasteiger charge is 2.27. The molecule has 2 saturated heterocycles. The number of rotatable bonds is 5. The molecule has 0 saturated carbocycles. The van der Waals surface area contributed by atoms with Gasteiger partial charge >= 0.3 is 0 Å². The van der Waals surface area contributed by atoms with Crippen molar-refractivity contribution < 1.29 is 14.6 Å². The van der Waals surface area contributed by atoms with E-state index in [4.69, 9.17) is 0 Å². The molecular formula is C18H28FN3O2. The van der Waals surface area contributed by atoms with Crippen LogP contribution < -0.4 is 4.90 Å². The van der Waals surface area contributed by atoms with Gasteiger partial charge in [0.25, 0.3) is 0 Å². The quantitative estimate of drug-likeness (QED) is 0.852. The Morgan fingerprint density at radius 1 is 0.917 bits per heavy atom. The van der Waals surface area contributed by atoms with Crippen molar-refractivity contribution in [2.75, 3.05) is 44.2 Å². The van der Waals surface area contributed by atoms with E-state index < -0.39 is 12.5 Å². The zero-order valence-electron chi connectivity index (χ0n) is 14.1. The van der Waals surface area contributed by atoms with Crippen molar-refractivity contribution in [3.05, 3.63) is 30.1 Å². The molecule has 6 heteroatoms. The summed E-state index contributed by atoms with van der Waals surface area (Å²) >= 11 is 0. The van der Waals surface area contributed by atoms with Crippen molar-refractivity contribution in [3.8, 4) is 0 Å². The molecular weight excluding hydrogens is 309 g/mol. The van der Waals surface area contributed by atoms with E-state index in [1.807, 2.05) is 17.0 Å². The molecule has 24 heavy (non-hydrogen) atoms. The molecule has 2 aliphatic rings. The Labute approximate surface area is 143 Å². The van der Waals surface area contributed by atoms with Crippen LogP contribution >= 0.6 is 0 Å². The first kappa shape index (κ1) is 17.6. The summed E-state index contributed by atoms with van der Waals surface area (Å²) in [5.41, 5.74) is 1.08. The highest BCUT2D eigenvalue weighted by Crippen LogP contribution is 2.20. The van der Waals surface area contributed by atoms with E-state index in [0.29, 0.717) is 0 Å². The fraction of sp³-hybridized carbons (Fsp3) is 0.667. The van der Waals surface area contributed by atoms with Crippen LogP contribution in [0.5, 0.6) is 0 Å².